The zero-order valence-electron chi connectivity index (χ0n) is 10.5. The van der Waals surface area contributed by atoms with Crippen molar-refractivity contribution in [2.24, 2.45) is 0 Å². The third-order valence-electron chi connectivity index (χ3n) is 3.32. The number of carbonyl (C=O) groups excluding carboxylic acids is 1. The fourth-order valence-electron chi connectivity index (χ4n) is 2.20. The Kier molecular flexibility index (Phi) is 3.78. The molecule has 0 spiro atoms. The Hall–Kier alpha value is -1.36. The Morgan fingerprint density at radius 1 is 1.53 bits per heavy atom. The van der Waals surface area contributed by atoms with Crippen molar-refractivity contribution < 1.29 is 4.79 Å². The quantitative estimate of drug-likeness (QED) is 0.823. The van der Waals surface area contributed by atoms with Gasteiger partial charge in [0.2, 0.25) is 5.91 Å². The van der Waals surface area contributed by atoms with Crippen molar-refractivity contribution in [3.63, 3.8) is 0 Å². The first-order chi connectivity index (χ1) is 8.22. The van der Waals surface area contributed by atoms with E-state index in [4.69, 9.17) is 0 Å². The molecule has 1 aliphatic rings. The summed E-state index contributed by atoms with van der Waals surface area (Å²) in [4.78, 5) is 18.2. The fourth-order valence-corrected chi connectivity index (χ4v) is 2.20. The number of imidazole rings is 1. The second kappa shape index (κ2) is 5.31. The van der Waals surface area contributed by atoms with E-state index < -0.39 is 0 Å². The molecule has 0 bridgehead atoms. The lowest BCUT2D eigenvalue weighted by Crippen LogP contribution is -2.55. The van der Waals surface area contributed by atoms with Gasteiger partial charge in [-0.25, -0.2) is 4.98 Å². The van der Waals surface area contributed by atoms with Gasteiger partial charge in [-0.2, -0.15) is 0 Å². The van der Waals surface area contributed by atoms with Crippen molar-refractivity contribution in [3.8, 4) is 0 Å². The van der Waals surface area contributed by atoms with Gasteiger partial charge in [-0.05, 0) is 13.3 Å². The maximum atomic E-state index is 12.0. The van der Waals surface area contributed by atoms with E-state index >= 15 is 0 Å². The summed E-state index contributed by atoms with van der Waals surface area (Å²) >= 11 is 0. The number of carbonyl (C=O) groups is 1. The largest absolute Gasteiger partial charge is 0.338 e. The highest BCUT2D eigenvalue weighted by atomic mass is 16.2. The number of amides is 1. The zero-order chi connectivity index (χ0) is 12.3. The molecule has 5 nitrogen and oxygen atoms in total. The molecule has 0 aliphatic carbocycles. The minimum absolute atomic E-state index is 0.00707. The van der Waals surface area contributed by atoms with Gasteiger partial charge in [0.15, 0.2) is 0 Å². The first-order valence-corrected chi connectivity index (χ1v) is 6.22. The molecule has 0 aromatic carbocycles. The van der Waals surface area contributed by atoms with Crippen LogP contribution in [0.25, 0.3) is 0 Å². The Morgan fingerprint density at radius 3 is 3.00 bits per heavy atom. The number of nitrogens with one attached hydrogen (secondary N) is 1. The molecule has 94 valence electrons. The normalized spacial score (nSPS) is 20.9. The predicted octanol–water partition coefficient (Wildman–Crippen LogP) is 0.402. The highest BCUT2D eigenvalue weighted by molar-refractivity contribution is 5.82. The minimum atomic E-state index is 0.00707. The molecule has 1 aliphatic heterocycles. The monoisotopic (exact) mass is 236 g/mol. The van der Waals surface area contributed by atoms with Crippen LogP contribution in [0.4, 0.5) is 0 Å². The Bertz CT molecular complexity index is 388. The Balaban J connectivity index is 1.90. The summed E-state index contributed by atoms with van der Waals surface area (Å²) < 4.78 is 2.08. The predicted molar refractivity (Wildman–Crippen MR) is 65.6 cm³/mol. The first kappa shape index (κ1) is 12.1. The van der Waals surface area contributed by atoms with Crippen molar-refractivity contribution >= 4 is 5.91 Å². The minimum Gasteiger partial charge on any atom is -0.338 e. The number of aromatic nitrogens is 2. The van der Waals surface area contributed by atoms with E-state index in [2.05, 4.69) is 14.9 Å². The van der Waals surface area contributed by atoms with Crippen LogP contribution in [0.2, 0.25) is 0 Å². The number of rotatable bonds is 4. The maximum absolute atomic E-state index is 12.0. The highest BCUT2D eigenvalue weighted by Gasteiger charge is 2.26. The smallest absolute Gasteiger partial charge is 0.239 e. The van der Waals surface area contributed by atoms with E-state index in [1.807, 2.05) is 24.9 Å². The number of aryl methyl sites for hydroxylation is 1. The lowest BCUT2D eigenvalue weighted by Gasteiger charge is -2.32. The lowest BCUT2D eigenvalue weighted by atomic mass is 10.1. The van der Waals surface area contributed by atoms with Gasteiger partial charge in [0, 0.05) is 38.6 Å². The number of nitrogens with zero attached hydrogens (tertiary/aromatic N) is 3. The third-order valence-corrected chi connectivity index (χ3v) is 3.32. The molecule has 0 radical (unpaired) electrons. The van der Waals surface area contributed by atoms with Crippen molar-refractivity contribution in [1.29, 1.82) is 0 Å². The van der Waals surface area contributed by atoms with E-state index in [0.717, 1.165) is 38.4 Å². The number of piperazine rings is 1. The summed E-state index contributed by atoms with van der Waals surface area (Å²) in [6.07, 6.45) is 4.61. The molecule has 1 aromatic rings. The van der Waals surface area contributed by atoms with Gasteiger partial charge in [0.05, 0.1) is 6.04 Å². The van der Waals surface area contributed by atoms with Crippen molar-refractivity contribution in [3.05, 3.63) is 18.2 Å². The topological polar surface area (TPSA) is 50.2 Å². The molecule has 5 heteroatoms. The van der Waals surface area contributed by atoms with E-state index in [9.17, 15) is 4.79 Å². The molecular weight excluding hydrogens is 216 g/mol. The van der Waals surface area contributed by atoms with Crippen LogP contribution >= 0.6 is 0 Å². The maximum Gasteiger partial charge on any atom is 0.239 e. The zero-order valence-corrected chi connectivity index (χ0v) is 10.5. The molecule has 1 aromatic heterocycles. The number of hydrogen-bond acceptors (Lipinski definition) is 3. The third kappa shape index (κ3) is 2.66. The van der Waals surface area contributed by atoms with Gasteiger partial charge >= 0.3 is 0 Å². The van der Waals surface area contributed by atoms with Crippen molar-refractivity contribution in [1.82, 2.24) is 19.8 Å². The second-order valence-electron chi connectivity index (χ2n) is 4.41. The average Bonchev–Trinajstić information content (AvgIpc) is 2.74. The van der Waals surface area contributed by atoms with Crippen LogP contribution in [0.5, 0.6) is 0 Å². The summed E-state index contributed by atoms with van der Waals surface area (Å²) in [6, 6.07) is 0.00707. The number of hydrogen-bond donors (Lipinski definition) is 1. The highest BCUT2D eigenvalue weighted by Crippen LogP contribution is 2.05. The molecule has 0 saturated carbocycles. The van der Waals surface area contributed by atoms with Crippen LogP contribution in [0, 0.1) is 6.92 Å². The van der Waals surface area contributed by atoms with Gasteiger partial charge in [0.25, 0.3) is 0 Å². The van der Waals surface area contributed by atoms with Crippen LogP contribution < -0.4 is 5.32 Å². The van der Waals surface area contributed by atoms with Gasteiger partial charge in [-0.1, -0.05) is 6.92 Å². The molecule has 17 heavy (non-hydrogen) atoms. The molecular formula is C12H20N4O. The van der Waals surface area contributed by atoms with Gasteiger partial charge in [-0.3, -0.25) is 4.79 Å². The fraction of sp³-hybridized carbons (Fsp3) is 0.667. The molecule has 1 unspecified atom stereocenters. The average molecular weight is 236 g/mol. The van der Waals surface area contributed by atoms with Crippen molar-refractivity contribution in [2.45, 2.75) is 32.9 Å². The molecule has 2 heterocycles. The SMILES string of the molecule is CCC1NCCN(CCn2ccnc2C)C1=O. The lowest BCUT2D eigenvalue weighted by molar-refractivity contribution is -0.135. The molecule has 2 rings (SSSR count). The standard InChI is InChI=1S/C12H20N4O/c1-3-11-12(17)16(7-5-14-11)9-8-15-6-4-13-10(15)2/h4,6,11,14H,3,5,7-9H2,1-2H3. The summed E-state index contributed by atoms with van der Waals surface area (Å²) in [6.45, 7) is 7.33. The van der Waals surface area contributed by atoms with Crippen LogP contribution in [-0.2, 0) is 11.3 Å². The molecule has 1 saturated heterocycles. The van der Waals surface area contributed by atoms with Crippen LogP contribution in [0.1, 0.15) is 19.2 Å². The van der Waals surface area contributed by atoms with Crippen LogP contribution in [-0.4, -0.2) is 46.0 Å². The van der Waals surface area contributed by atoms with Gasteiger partial charge < -0.3 is 14.8 Å². The Morgan fingerprint density at radius 2 is 2.35 bits per heavy atom. The van der Waals surface area contributed by atoms with E-state index in [1.54, 1.807) is 6.20 Å². The Labute approximate surface area is 102 Å². The summed E-state index contributed by atoms with van der Waals surface area (Å²) in [7, 11) is 0. The van der Waals surface area contributed by atoms with Gasteiger partial charge in [-0.15, -0.1) is 0 Å². The van der Waals surface area contributed by atoms with Crippen molar-refractivity contribution in [2.75, 3.05) is 19.6 Å². The molecule has 1 fully saturated rings. The summed E-state index contributed by atoms with van der Waals surface area (Å²) in [5, 5.41) is 3.24. The van der Waals surface area contributed by atoms with E-state index in [0.29, 0.717) is 0 Å². The molecule has 1 N–H and O–H groups in total. The summed E-state index contributed by atoms with van der Waals surface area (Å²) in [5.74, 6) is 1.23. The first-order valence-electron chi connectivity index (χ1n) is 6.22. The van der Waals surface area contributed by atoms with E-state index in [-0.39, 0.29) is 11.9 Å². The summed E-state index contributed by atoms with van der Waals surface area (Å²) in [5.41, 5.74) is 0. The molecule has 1 amide bonds. The van der Waals surface area contributed by atoms with Crippen LogP contribution in [0.3, 0.4) is 0 Å². The van der Waals surface area contributed by atoms with E-state index in [1.165, 1.54) is 0 Å². The second-order valence-corrected chi connectivity index (χ2v) is 4.41. The molecule has 1 atom stereocenters. The van der Waals surface area contributed by atoms with Gasteiger partial charge in [0.1, 0.15) is 5.82 Å². The van der Waals surface area contributed by atoms with Crippen LogP contribution in [0.15, 0.2) is 12.4 Å².